The first-order valence-corrected chi connectivity index (χ1v) is 4.93. The van der Waals surface area contributed by atoms with E-state index in [1.54, 1.807) is 19.1 Å². The van der Waals surface area contributed by atoms with Crippen LogP contribution in [0.25, 0.3) is 0 Å². The van der Waals surface area contributed by atoms with E-state index in [1.807, 2.05) is 18.2 Å². The predicted molar refractivity (Wildman–Crippen MR) is 58.3 cm³/mol. The Morgan fingerprint density at radius 1 is 1.54 bits per heavy atom. The maximum Gasteiger partial charge on any atom is 0.180 e. The zero-order valence-corrected chi connectivity index (χ0v) is 9.28. The fourth-order valence-electron chi connectivity index (χ4n) is 0.953. The smallest absolute Gasteiger partial charge is 0.180 e. The van der Waals surface area contributed by atoms with Gasteiger partial charge in [-0.25, -0.2) is 0 Å². The fourth-order valence-corrected chi connectivity index (χ4v) is 1.61. The van der Waals surface area contributed by atoms with Crippen LogP contribution in [0.1, 0.15) is 17.3 Å². The van der Waals surface area contributed by atoms with Crippen LogP contribution in [-0.4, -0.2) is 5.78 Å². The average molecular weight is 285 g/mol. The Morgan fingerprint density at radius 3 is 2.69 bits per heavy atom. The summed E-state index contributed by atoms with van der Waals surface area (Å²) in [6.07, 6.45) is 0. The number of nitrogens with zero attached hydrogens (tertiary/aromatic N) is 1. The summed E-state index contributed by atoms with van der Waals surface area (Å²) in [6.45, 7) is 1.62. The summed E-state index contributed by atoms with van der Waals surface area (Å²) in [7, 11) is 0. The van der Waals surface area contributed by atoms with Crippen molar-refractivity contribution in [3.63, 3.8) is 0 Å². The maximum atomic E-state index is 11.6. The largest absolute Gasteiger partial charge is 0.293 e. The van der Waals surface area contributed by atoms with Gasteiger partial charge in [0.05, 0.1) is 6.07 Å². The molecule has 0 fully saturated rings. The van der Waals surface area contributed by atoms with Crippen LogP contribution in [0.4, 0.5) is 0 Å². The highest BCUT2D eigenvalue weighted by Gasteiger charge is 2.15. The zero-order chi connectivity index (χ0) is 9.84. The van der Waals surface area contributed by atoms with Crippen molar-refractivity contribution in [2.75, 3.05) is 0 Å². The summed E-state index contributed by atoms with van der Waals surface area (Å²) in [6, 6.07) is 9.22. The Morgan fingerprint density at radius 2 is 2.15 bits per heavy atom. The minimum absolute atomic E-state index is 0.104. The SMILES string of the molecule is CC(C#N)C(=O)c1ccccc1I. The summed E-state index contributed by atoms with van der Waals surface area (Å²) >= 11 is 2.10. The van der Waals surface area contributed by atoms with Crippen molar-refractivity contribution < 1.29 is 4.79 Å². The maximum absolute atomic E-state index is 11.6. The average Bonchev–Trinajstić information content (AvgIpc) is 2.16. The van der Waals surface area contributed by atoms with Crippen molar-refractivity contribution in [1.82, 2.24) is 0 Å². The molecule has 1 rings (SSSR count). The van der Waals surface area contributed by atoms with Crippen LogP contribution >= 0.6 is 22.6 Å². The zero-order valence-electron chi connectivity index (χ0n) is 7.12. The van der Waals surface area contributed by atoms with Crippen LogP contribution in [0.3, 0.4) is 0 Å². The fraction of sp³-hybridized carbons (Fsp3) is 0.200. The molecule has 0 bridgehead atoms. The first kappa shape index (κ1) is 10.2. The lowest BCUT2D eigenvalue weighted by Gasteiger charge is -2.03. The van der Waals surface area contributed by atoms with Gasteiger partial charge in [0.15, 0.2) is 5.78 Å². The van der Waals surface area contributed by atoms with Gasteiger partial charge in [0, 0.05) is 9.13 Å². The second-order valence-corrected chi connectivity index (χ2v) is 3.86. The predicted octanol–water partition coefficient (Wildman–Crippen LogP) is 2.63. The molecular formula is C10H8INO. The molecule has 0 heterocycles. The van der Waals surface area contributed by atoms with Crippen LogP contribution < -0.4 is 0 Å². The highest BCUT2D eigenvalue weighted by atomic mass is 127. The van der Waals surface area contributed by atoms with Gasteiger partial charge in [-0.15, -0.1) is 0 Å². The molecule has 1 aromatic carbocycles. The second kappa shape index (κ2) is 4.38. The number of ketones is 1. The number of benzene rings is 1. The van der Waals surface area contributed by atoms with Gasteiger partial charge in [-0.3, -0.25) is 4.79 Å². The molecule has 0 aliphatic heterocycles. The van der Waals surface area contributed by atoms with Crippen molar-refractivity contribution in [3.05, 3.63) is 33.4 Å². The molecule has 66 valence electrons. The summed E-state index contributed by atoms with van der Waals surface area (Å²) in [5.41, 5.74) is 0.636. The molecule has 2 nitrogen and oxygen atoms in total. The van der Waals surface area contributed by atoms with Crippen LogP contribution in [0.15, 0.2) is 24.3 Å². The lowest BCUT2D eigenvalue weighted by molar-refractivity contribution is 0.0955. The third kappa shape index (κ3) is 2.28. The number of hydrogen-bond acceptors (Lipinski definition) is 2. The topological polar surface area (TPSA) is 40.9 Å². The van der Waals surface area contributed by atoms with Crippen molar-refractivity contribution in [2.45, 2.75) is 6.92 Å². The number of hydrogen-bond donors (Lipinski definition) is 0. The number of nitriles is 1. The Balaban J connectivity index is 3.04. The molecule has 0 saturated carbocycles. The standard InChI is InChI=1S/C10H8INO/c1-7(6-12)10(13)8-4-2-3-5-9(8)11/h2-5,7H,1H3. The summed E-state index contributed by atoms with van der Waals surface area (Å²) in [5.74, 6) is -0.664. The molecule has 0 spiro atoms. The van der Waals surface area contributed by atoms with E-state index in [1.165, 1.54) is 0 Å². The molecular weight excluding hydrogens is 277 g/mol. The normalized spacial score (nSPS) is 11.8. The number of Topliss-reactive ketones (excluding diaryl/α,β-unsaturated/α-hetero) is 1. The van der Waals surface area contributed by atoms with E-state index < -0.39 is 5.92 Å². The number of rotatable bonds is 2. The van der Waals surface area contributed by atoms with Crippen LogP contribution in [0.2, 0.25) is 0 Å². The highest BCUT2D eigenvalue weighted by Crippen LogP contribution is 2.15. The summed E-state index contributed by atoms with van der Waals surface area (Å²) in [5, 5.41) is 8.58. The van der Waals surface area contributed by atoms with Gasteiger partial charge >= 0.3 is 0 Å². The van der Waals surface area contributed by atoms with Crippen LogP contribution in [-0.2, 0) is 0 Å². The van der Waals surface area contributed by atoms with E-state index in [-0.39, 0.29) is 5.78 Å². The van der Waals surface area contributed by atoms with Crippen LogP contribution in [0, 0.1) is 20.8 Å². The first-order chi connectivity index (χ1) is 6.16. The van der Waals surface area contributed by atoms with Gasteiger partial charge < -0.3 is 0 Å². The van der Waals surface area contributed by atoms with E-state index in [2.05, 4.69) is 22.6 Å². The molecule has 13 heavy (non-hydrogen) atoms. The van der Waals surface area contributed by atoms with Gasteiger partial charge in [0.25, 0.3) is 0 Å². The molecule has 1 atom stereocenters. The summed E-state index contributed by atoms with van der Waals surface area (Å²) < 4.78 is 0.896. The molecule has 0 aromatic heterocycles. The van der Waals surface area contributed by atoms with E-state index in [0.29, 0.717) is 5.56 Å². The van der Waals surface area contributed by atoms with Gasteiger partial charge in [-0.2, -0.15) is 5.26 Å². The Labute approximate surface area is 90.7 Å². The monoisotopic (exact) mass is 285 g/mol. The van der Waals surface area contributed by atoms with Crippen molar-refractivity contribution >= 4 is 28.4 Å². The molecule has 0 amide bonds. The van der Waals surface area contributed by atoms with Gasteiger partial charge in [0.1, 0.15) is 5.92 Å². The third-order valence-electron chi connectivity index (χ3n) is 1.73. The number of carbonyl (C=O) groups excluding carboxylic acids is 1. The van der Waals surface area contributed by atoms with E-state index in [9.17, 15) is 4.79 Å². The quantitative estimate of drug-likeness (QED) is 0.619. The van der Waals surface area contributed by atoms with Gasteiger partial charge in [-0.1, -0.05) is 18.2 Å². The van der Waals surface area contributed by atoms with E-state index in [4.69, 9.17) is 5.26 Å². The molecule has 1 unspecified atom stereocenters. The van der Waals surface area contributed by atoms with Crippen molar-refractivity contribution in [1.29, 1.82) is 5.26 Å². The number of carbonyl (C=O) groups is 1. The van der Waals surface area contributed by atoms with Crippen molar-refractivity contribution in [3.8, 4) is 6.07 Å². The minimum Gasteiger partial charge on any atom is -0.293 e. The Kier molecular flexibility index (Phi) is 3.43. The Hall–Kier alpha value is -0.890. The molecule has 0 radical (unpaired) electrons. The molecule has 3 heteroatoms. The first-order valence-electron chi connectivity index (χ1n) is 3.85. The van der Waals surface area contributed by atoms with Crippen LogP contribution in [0.5, 0.6) is 0 Å². The third-order valence-corrected chi connectivity index (χ3v) is 2.67. The molecule has 0 aliphatic carbocycles. The molecule has 1 aromatic rings. The van der Waals surface area contributed by atoms with Gasteiger partial charge in [-0.05, 0) is 35.6 Å². The second-order valence-electron chi connectivity index (χ2n) is 2.69. The summed E-state index contributed by atoms with van der Waals surface area (Å²) in [4.78, 5) is 11.6. The van der Waals surface area contributed by atoms with E-state index >= 15 is 0 Å². The van der Waals surface area contributed by atoms with Gasteiger partial charge in [0.2, 0.25) is 0 Å². The van der Waals surface area contributed by atoms with E-state index in [0.717, 1.165) is 3.57 Å². The molecule has 0 N–H and O–H groups in total. The highest BCUT2D eigenvalue weighted by molar-refractivity contribution is 14.1. The lowest BCUT2D eigenvalue weighted by atomic mass is 10.0. The van der Waals surface area contributed by atoms with Crippen molar-refractivity contribution in [2.24, 2.45) is 5.92 Å². The minimum atomic E-state index is -0.559. The molecule has 0 aliphatic rings. The number of halogens is 1. The molecule has 0 saturated heterocycles. The lowest BCUT2D eigenvalue weighted by Crippen LogP contribution is -2.10. The Bertz CT molecular complexity index is 367.